The Morgan fingerprint density at radius 3 is 2.45 bits per heavy atom. The van der Waals surface area contributed by atoms with Crippen molar-refractivity contribution in [2.45, 2.75) is 6.54 Å². The average molecular weight is 555 g/mol. The summed E-state index contributed by atoms with van der Waals surface area (Å²) in [7, 11) is 0. The Labute approximate surface area is 241 Å². The van der Waals surface area contributed by atoms with Gasteiger partial charge in [0.05, 0.1) is 16.9 Å². The number of nitrogens with one attached hydrogen (secondary N) is 2. The van der Waals surface area contributed by atoms with E-state index in [1.165, 1.54) is 0 Å². The number of phenols is 1. The Bertz CT molecular complexity index is 1950. The molecule has 0 fully saturated rings. The van der Waals surface area contributed by atoms with E-state index in [9.17, 15) is 14.7 Å². The van der Waals surface area contributed by atoms with E-state index in [0.29, 0.717) is 46.1 Å². The van der Waals surface area contributed by atoms with Crippen molar-refractivity contribution in [3.8, 4) is 17.2 Å². The van der Waals surface area contributed by atoms with E-state index in [1.54, 1.807) is 85.1 Å². The number of phenolic OH excluding ortho intramolecular Hbond substituents is 1. The molecule has 0 unspecified atom stereocenters. The van der Waals surface area contributed by atoms with Gasteiger partial charge in [0.25, 0.3) is 11.8 Å². The molecule has 42 heavy (non-hydrogen) atoms. The lowest BCUT2D eigenvalue weighted by molar-refractivity contribution is 0.0951. The second-order valence-electron chi connectivity index (χ2n) is 9.72. The van der Waals surface area contributed by atoms with Gasteiger partial charge in [-0.25, -0.2) is 0 Å². The van der Waals surface area contributed by atoms with Crippen molar-refractivity contribution >= 4 is 44.9 Å². The number of aromatic nitrogens is 1. The van der Waals surface area contributed by atoms with E-state index >= 15 is 0 Å². The molecule has 8 heteroatoms. The topological polar surface area (TPSA) is 127 Å². The van der Waals surface area contributed by atoms with Gasteiger partial charge in [0, 0.05) is 35.3 Å². The van der Waals surface area contributed by atoms with Crippen molar-refractivity contribution in [1.82, 2.24) is 10.3 Å². The van der Waals surface area contributed by atoms with Crippen molar-refractivity contribution in [2.24, 2.45) is 0 Å². The summed E-state index contributed by atoms with van der Waals surface area (Å²) in [5, 5.41) is 17.9. The zero-order chi connectivity index (χ0) is 29.1. The van der Waals surface area contributed by atoms with Gasteiger partial charge in [-0.15, -0.1) is 0 Å². The molecule has 1 heterocycles. The van der Waals surface area contributed by atoms with Crippen LogP contribution in [0.3, 0.4) is 0 Å². The number of fused-ring (bicyclic) bond motifs is 2. The number of pyridine rings is 1. The highest BCUT2D eigenvalue weighted by molar-refractivity contribution is 6.07. The highest BCUT2D eigenvalue weighted by Gasteiger charge is 2.13. The minimum absolute atomic E-state index is 0.137. The maximum atomic E-state index is 13.1. The Hall–Kier alpha value is -5.89. The van der Waals surface area contributed by atoms with Gasteiger partial charge in [0.1, 0.15) is 17.2 Å². The predicted octanol–water partition coefficient (Wildman–Crippen LogP) is 6.65. The molecule has 0 saturated heterocycles. The number of carbonyl (C=O) groups excluding carboxylic acids is 2. The van der Waals surface area contributed by atoms with Crippen LogP contribution in [-0.4, -0.2) is 21.9 Å². The fourth-order valence-electron chi connectivity index (χ4n) is 4.71. The minimum atomic E-state index is -0.265. The first-order chi connectivity index (χ1) is 20.4. The fourth-order valence-corrected chi connectivity index (χ4v) is 4.71. The smallest absolute Gasteiger partial charge is 0.255 e. The van der Waals surface area contributed by atoms with Gasteiger partial charge < -0.3 is 26.2 Å². The number of nitrogens with two attached hydrogens (primary N) is 1. The van der Waals surface area contributed by atoms with E-state index in [4.69, 9.17) is 10.5 Å². The van der Waals surface area contributed by atoms with Gasteiger partial charge in [0.2, 0.25) is 0 Å². The van der Waals surface area contributed by atoms with Gasteiger partial charge >= 0.3 is 0 Å². The quantitative estimate of drug-likeness (QED) is 0.164. The molecule has 0 bridgehead atoms. The van der Waals surface area contributed by atoms with Gasteiger partial charge in [-0.3, -0.25) is 14.6 Å². The van der Waals surface area contributed by atoms with Crippen molar-refractivity contribution in [1.29, 1.82) is 0 Å². The summed E-state index contributed by atoms with van der Waals surface area (Å²) in [6, 6.07) is 31.9. The molecule has 0 radical (unpaired) electrons. The number of hydrogen-bond acceptors (Lipinski definition) is 6. The van der Waals surface area contributed by atoms with Crippen LogP contribution < -0.4 is 21.1 Å². The number of benzene rings is 5. The number of nitrogens with zero attached hydrogens (tertiary/aromatic N) is 1. The zero-order valence-corrected chi connectivity index (χ0v) is 22.4. The Morgan fingerprint density at radius 2 is 1.62 bits per heavy atom. The second kappa shape index (κ2) is 11.3. The lowest BCUT2D eigenvalue weighted by atomic mass is 10.0. The molecule has 8 nitrogen and oxygen atoms in total. The Balaban J connectivity index is 1.13. The lowest BCUT2D eigenvalue weighted by Crippen LogP contribution is -2.23. The molecule has 0 aliphatic heterocycles. The van der Waals surface area contributed by atoms with Crippen LogP contribution in [-0.2, 0) is 6.54 Å². The molecule has 0 saturated carbocycles. The van der Waals surface area contributed by atoms with E-state index in [-0.39, 0.29) is 17.6 Å². The average Bonchev–Trinajstić information content (AvgIpc) is 3.01. The molecule has 5 N–H and O–H groups in total. The highest BCUT2D eigenvalue weighted by atomic mass is 16.5. The van der Waals surface area contributed by atoms with Crippen LogP contribution >= 0.6 is 0 Å². The lowest BCUT2D eigenvalue weighted by Gasteiger charge is -2.12. The predicted molar refractivity (Wildman–Crippen MR) is 164 cm³/mol. The largest absolute Gasteiger partial charge is 0.508 e. The first kappa shape index (κ1) is 26.3. The van der Waals surface area contributed by atoms with E-state index in [0.717, 1.165) is 21.7 Å². The SMILES string of the molecule is Nc1ccccc1NC(=O)c1ccc(CNC(=O)c2cccc3cc(Oc4ccnc5cc(O)ccc45)ccc23)cc1. The molecule has 6 rings (SSSR count). The maximum absolute atomic E-state index is 13.1. The second-order valence-corrected chi connectivity index (χ2v) is 9.72. The van der Waals surface area contributed by atoms with Crippen LogP contribution in [0.25, 0.3) is 21.7 Å². The summed E-state index contributed by atoms with van der Waals surface area (Å²) in [6.07, 6.45) is 1.63. The third-order valence-electron chi connectivity index (χ3n) is 6.89. The molecule has 0 aliphatic carbocycles. The van der Waals surface area contributed by atoms with Crippen molar-refractivity contribution in [3.05, 3.63) is 132 Å². The molecule has 0 aliphatic rings. The molecule has 1 aromatic heterocycles. The number of para-hydroxylation sites is 2. The van der Waals surface area contributed by atoms with Gasteiger partial charge in [-0.1, -0.05) is 36.4 Å². The zero-order valence-electron chi connectivity index (χ0n) is 22.4. The first-order valence-corrected chi connectivity index (χ1v) is 13.3. The third kappa shape index (κ3) is 5.55. The summed E-state index contributed by atoms with van der Waals surface area (Å²) in [4.78, 5) is 30.0. The molecule has 6 aromatic rings. The summed E-state index contributed by atoms with van der Waals surface area (Å²) in [5.74, 6) is 0.883. The van der Waals surface area contributed by atoms with E-state index in [2.05, 4.69) is 15.6 Å². The Kier molecular flexibility index (Phi) is 7.09. The highest BCUT2D eigenvalue weighted by Crippen LogP contribution is 2.32. The van der Waals surface area contributed by atoms with Crippen molar-refractivity contribution in [2.75, 3.05) is 11.1 Å². The summed E-state index contributed by atoms with van der Waals surface area (Å²) in [6.45, 7) is 0.300. The standard InChI is InChI=1S/C34H26N4O4/c35-29-6-1-2-7-30(29)38-33(40)22-10-8-21(9-11-22)20-37-34(41)27-5-3-4-23-18-25(13-15-26(23)27)42-32-16-17-36-31-19-24(39)12-14-28(31)32/h1-19,39H,20,35H2,(H,37,41)(H,38,40). The molecular weight excluding hydrogens is 528 g/mol. The number of nitrogen functional groups attached to an aromatic ring is 1. The van der Waals surface area contributed by atoms with Crippen molar-refractivity contribution < 1.29 is 19.4 Å². The molecule has 0 atom stereocenters. The van der Waals surface area contributed by atoms with Crippen LogP contribution in [0.5, 0.6) is 17.2 Å². The molecule has 2 amide bonds. The summed E-state index contributed by atoms with van der Waals surface area (Å²) in [5.41, 5.74) is 9.47. The third-order valence-corrected chi connectivity index (χ3v) is 6.89. The molecule has 206 valence electrons. The fraction of sp³-hybridized carbons (Fsp3) is 0.0294. The Morgan fingerprint density at radius 1 is 0.810 bits per heavy atom. The van der Waals surface area contributed by atoms with Crippen LogP contribution in [0.15, 0.2) is 115 Å². The van der Waals surface area contributed by atoms with Gasteiger partial charge in [-0.2, -0.15) is 0 Å². The summed E-state index contributed by atoms with van der Waals surface area (Å²) < 4.78 is 6.15. The van der Waals surface area contributed by atoms with E-state index in [1.807, 2.05) is 30.3 Å². The van der Waals surface area contributed by atoms with Crippen molar-refractivity contribution in [3.63, 3.8) is 0 Å². The normalized spacial score (nSPS) is 10.9. The maximum Gasteiger partial charge on any atom is 0.255 e. The van der Waals surface area contributed by atoms with Gasteiger partial charge in [-0.05, 0) is 83.1 Å². The monoisotopic (exact) mass is 554 g/mol. The van der Waals surface area contributed by atoms with Crippen LogP contribution in [0.4, 0.5) is 11.4 Å². The molecule has 5 aromatic carbocycles. The summed E-state index contributed by atoms with van der Waals surface area (Å²) >= 11 is 0. The number of hydrogen-bond donors (Lipinski definition) is 4. The molecule has 0 spiro atoms. The van der Waals surface area contributed by atoms with E-state index < -0.39 is 0 Å². The van der Waals surface area contributed by atoms with Crippen LogP contribution in [0.1, 0.15) is 26.3 Å². The van der Waals surface area contributed by atoms with Crippen LogP contribution in [0, 0.1) is 0 Å². The van der Waals surface area contributed by atoms with Gasteiger partial charge in [0.15, 0.2) is 0 Å². The number of ether oxygens (including phenoxy) is 1. The number of rotatable bonds is 7. The number of carbonyl (C=O) groups is 2. The minimum Gasteiger partial charge on any atom is -0.508 e. The number of anilines is 2. The molecular formula is C34H26N4O4. The van der Waals surface area contributed by atoms with Crippen LogP contribution in [0.2, 0.25) is 0 Å². The first-order valence-electron chi connectivity index (χ1n) is 13.3. The number of aromatic hydroxyl groups is 1. The number of amides is 2.